The summed E-state index contributed by atoms with van der Waals surface area (Å²) in [7, 11) is 2.25. The minimum absolute atomic E-state index is 0.735. The Kier molecular flexibility index (Phi) is 3.95. The fourth-order valence-corrected chi connectivity index (χ4v) is 3.78. The first-order valence-electron chi connectivity index (χ1n) is 8.16. The molecule has 0 amide bonds. The summed E-state index contributed by atoms with van der Waals surface area (Å²) in [6.45, 7) is 6.33. The molecule has 2 saturated carbocycles. The first-order chi connectivity index (χ1) is 8.74. The summed E-state index contributed by atoms with van der Waals surface area (Å²) < 4.78 is 0. The summed E-state index contributed by atoms with van der Waals surface area (Å²) in [5.41, 5.74) is 0. The maximum atomic E-state index is 3.89. The van der Waals surface area contributed by atoms with E-state index in [1.54, 1.807) is 0 Å². The van der Waals surface area contributed by atoms with E-state index in [4.69, 9.17) is 0 Å². The molecule has 0 aromatic rings. The van der Waals surface area contributed by atoms with Gasteiger partial charge in [-0.15, -0.1) is 0 Å². The van der Waals surface area contributed by atoms with E-state index in [0.717, 1.165) is 29.7 Å². The van der Waals surface area contributed by atoms with Crippen LogP contribution in [-0.2, 0) is 0 Å². The number of likely N-dealkylation sites (tertiary alicyclic amines) is 1. The van der Waals surface area contributed by atoms with Gasteiger partial charge in [-0.25, -0.2) is 0 Å². The van der Waals surface area contributed by atoms with Crippen LogP contribution in [0.1, 0.15) is 45.4 Å². The number of nitrogens with one attached hydrogen (secondary N) is 1. The van der Waals surface area contributed by atoms with Gasteiger partial charge < -0.3 is 10.2 Å². The molecule has 0 bridgehead atoms. The van der Waals surface area contributed by atoms with Crippen molar-refractivity contribution in [3.63, 3.8) is 0 Å². The molecule has 0 radical (unpaired) electrons. The number of hydrogen-bond acceptors (Lipinski definition) is 2. The van der Waals surface area contributed by atoms with E-state index in [9.17, 15) is 0 Å². The van der Waals surface area contributed by atoms with Gasteiger partial charge in [0.25, 0.3) is 0 Å². The minimum Gasteiger partial charge on any atom is -0.314 e. The van der Waals surface area contributed by atoms with Crippen LogP contribution in [0.2, 0.25) is 0 Å². The van der Waals surface area contributed by atoms with Gasteiger partial charge in [-0.2, -0.15) is 0 Å². The van der Waals surface area contributed by atoms with Crippen molar-refractivity contribution in [1.29, 1.82) is 0 Å². The summed E-state index contributed by atoms with van der Waals surface area (Å²) in [5.74, 6) is 4.13. The van der Waals surface area contributed by atoms with Crippen molar-refractivity contribution in [2.75, 3.05) is 26.7 Å². The Morgan fingerprint density at radius 2 is 1.50 bits per heavy atom. The van der Waals surface area contributed by atoms with Crippen LogP contribution in [0.5, 0.6) is 0 Å². The Morgan fingerprint density at radius 1 is 0.944 bits per heavy atom. The van der Waals surface area contributed by atoms with Gasteiger partial charge in [0.05, 0.1) is 0 Å². The molecule has 0 aromatic carbocycles. The molecule has 0 aromatic heterocycles. The zero-order valence-corrected chi connectivity index (χ0v) is 12.2. The standard InChI is InChI=1S/C16H30N2/c1-12(13-7-9-18(2)10-8-13)17-11-16(14-3-4-14)15-5-6-15/h12-17H,3-11H2,1-2H3. The van der Waals surface area contributed by atoms with Crippen LogP contribution in [-0.4, -0.2) is 37.6 Å². The monoisotopic (exact) mass is 250 g/mol. The number of hydrogen-bond donors (Lipinski definition) is 1. The Labute approximate surface area is 113 Å². The third-order valence-electron chi connectivity index (χ3n) is 5.60. The molecule has 18 heavy (non-hydrogen) atoms. The Morgan fingerprint density at radius 3 is 2.00 bits per heavy atom. The topological polar surface area (TPSA) is 15.3 Å². The largest absolute Gasteiger partial charge is 0.314 e. The van der Waals surface area contributed by atoms with Gasteiger partial charge in [0.1, 0.15) is 0 Å². The Bertz CT molecular complexity index is 250. The molecule has 1 N–H and O–H groups in total. The molecule has 0 spiro atoms. The molecule has 104 valence electrons. The van der Waals surface area contributed by atoms with Crippen molar-refractivity contribution >= 4 is 0 Å². The quantitative estimate of drug-likeness (QED) is 0.780. The minimum atomic E-state index is 0.735. The normalized spacial score (nSPS) is 28.8. The van der Waals surface area contributed by atoms with Crippen LogP contribution in [0.4, 0.5) is 0 Å². The van der Waals surface area contributed by atoms with E-state index in [1.165, 1.54) is 58.2 Å². The van der Waals surface area contributed by atoms with Crippen LogP contribution in [0, 0.1) is 23.7 Å². The fourth-order valence-electron chi connectivity index (χ4n) is 3.78. The molecular formula is C16H30N2. The predicted octanol–water partition coefficient (Wildman–Crippen LogP) is 2.74. The lowest BCUT2D eigenvalue weighted by molar-refractivity contribution is 0.185. The van der Waals surface area contributed by atoms with Gasteiger partial charge >= 0.3 is 0 Å². The van der Waals surface area contributed by atoms with Crippen LogP contribution in [0.3, 0.4) is 0 Å². The van der Waals surface area contributed by atoms with Crippen molar-refractivity contribution in [3.8, 4) is 0 Å². The van der Waals surface area contributed by atoms with E-state index in [-0.39, 0.29) is 0 Å². The first kappa shape index (κ1) is 12.9. The summed E-state index contributed by atoms with van der Waals surface area (Å²) in [5, 5.41) is 3.89. The van der Waals surface area contributed by atoms with E-state index < -0.39 is 0 Å². The SMILES string of the molecule is CC(NCC(C1CC1)C1CC1)C1CCN(C)CC1. The molecule has 3 fully saturated rings. The first-order valence-corrected chi connectivity index (χ1v) is 8.16. The van der Waals surface area contributed by atoms with Crippen LogP contribution in [0.15, 0.2) is 0 Å². The van der Waals surface area contributed by atoms with E-state index in [2.05, 4.69) is 24.2 Å². The second-order valence-electron chi connectivity index (χ2n) is 7.18. The van der Waals surface area contributed by atoms with Crippen molar-refractivity contribution in [2.45, 2.75) is 51.5 Å². The van der Waals surface area contributed by atoms with Gasteiger partial charge in [0.2, 0.25) is 0 Å². The zero-order chi connectivity index (χ0) is 12.5. The van der Waals surface area contributed by atoms with Gasteiger partial charge in [-0.05, 0) is 95.8 Å². The summed E-state index contributed by atoms with van der Waals surface area (Å²) in [6.07, 6.45) is 8.86. The van der Waals surface area contributed by atoms with Crippen molar-refractivity contribution < 1.29 is 0 Å². The number of nitrogens with zero attached hydrogens (tertiary/aromatic N) is 1. The molecule has 2 heteroatoms. The van der Waals surface area contributed by atoms with Crippen LogP contribution >= 0.6 is 0 Å². The van der Waals surface area contributed by atoms with Gasteiger partial charge in [-0.3, -0.25) is 0 Å². The van der Waals surface area contributed by atoms with E-state index in [0.29, 0.717) is 0 Å². The molecule has 3 aliphatic rings. The summed E-state index contributed by atoms with van der Waals surface area (Å²) in [4.78, 5) is 2.47. The molecule has 1 atom stereocenters. The van der Waals surface area contributed by atoms with Crippen molar-refractivity contribution in [3.05, 3.63) is 0 Å². The highest BCUT2D eigenvalue weighted by molar-refractivity contribution is 4.93. The highest BCUT2D eigenvalue weighted by Gasteiger charge is 2.41. The van der Waals surface area contributed by atoms with Gasteiger partial charge in [0, 0.05) is 6.04 Å². The van der Waals surface area contributed by atoms with Gasteiger partial charge in [-0.1, -0.05) is 0 Å². The van der Waals surface area contributed by atoms with Crippen LogP contribution < -0.4 is 5.32 Å². The van der Waals surface area contributed by atoms with Crippen LogP contribution in [0.25, 0.3) is 0 Å². The predicted molar refractivity (Wildman–Crippen MR) is 76.6 cm³/mol. The molecule has 1 saturated heterocycles. The highest BCUT2D eigenvalue weighted by atomic mass is 15.1. The van der Waals surface area contributed by atoms with Gasteiger partial charge in [0.15, 0.2) is 0 Å². The number of rotatable bonds is 6. The molecule has 1 heterocycles. The van der Waals surface area contributed by atoms with E-state index in [1.807, 2.05) is 0 Å². The average Bonchev–Trinajstić information content (AvgIpc) is 3.24. The average molecular weight is 250 g/mol. The molecule has 2 nitrogen and oxygen atoms in total. The molecule has 2 aliphatic carbocycles. The lowest BCUT2D eigenvalue weighted by Crippen LogP contribution is -2.42. The lowest BCUT2D eigenvalue weighted by atomic mass is 9.89. The second kappa shape index (κ2) is 5.50. The highest BCUT2D eigenvalue weighted by Crippen LogP contribution is 2.48. The van der Waals surface area contributed by atoms with Crippen molar-refractivity contribution in [1.82, 2.24) is 10.2 Å². The maximum absolute atomic E-state index is 3.89. The summed E-state index contributed by atoms with van der Waals surface area (Å²) >= 11 is 0. The third-order valence-corrected chi connectivity index (χ3v) is 5.60. The number of piperidine rings is 1. The molecule has 3 rings (SSSR count). The molecular weight excluding hydrogens is 220 g/mol. The fraction of sp³-hybridized carbons (Fsp3) is 1.00. The lowest BCUT2D eigenvalue weighted by Gasteiger charge is -2.34. The zero-order valence-electron chi connectivity index (χ0n) is 12.2. The Balaban J connectivity index is 1.41. The maximum Gasteiger partial charge on any atom is 0.00680 e. The van der Waals surface area contributed by atoms with Crippen molar-refractivity contribution in [2.24, 2.45) is 23.7 Å². The third kappa shape index (κ3) is 3.27. The molecule has 1 aliphatic heterocycles. The van der Waals surface area contributed by atoms with E-state index >= 15 is 0 Å². The summed E-state index contributed by atoms with van der Waals surface area (Å²) in [6, 6.07) is 0.735. The smallest absolute Gasteiger partial charge is 0.00680 e. The Hall–Kier alpha value is -0.0800. The second-order valence-corrected chi connectivity index (χ2v) is 7.18. The molecule has 1 unspecified atom stereocenters.